The van der Waals surface area contributed by atoms with Gasteiger partial charge in [0.05, 0.1) is 0 Å². The number of carbonyl (C=O) groups is 1. The number of amides is 2. The van der Waals surface area contributed by atoms with Crippen molar-refractivity contribution in [1.82, 2.24) is 10.1 Å². The summed E-state index contributed by atoms with van der Waals surface area (Å²) in [6.07, 6.45) is 2.28. The van der Waals surface area contributed by atoms with Crippen LogP contribution in [0, 0.1) is 31.4 Å². The van der Waals surface area contributed by atoms with Crippen LogP contribution in [0.3, 0.4) is 0 Å². The fourth-order valence-corrected chi connectivity index (χ4v) is 2.99. The van der Waals surface area contributed by atoms with E-state index in [2.05, 4.69) is 10.5 Å². The molecule has 1 unspecified atom stereocenters. The molecular weight excluding hydrogens is 340 g/mol. The van der Waals surface area contributed by atoms with Gasteiger partial charge >= 0.3 is 6.03 Å². The lowest BCUT2D eigenvalue weighted by Crippen LogP contribution is -2.42. The number of piperidine rings is 1. The van der Waals surface area contributed by atoms with E-state index in [-0.39, 0.29) is 17.5 Å². The molecule has 1 saturated heterocycles. The van der Waals surface area contributed by atoms with Crippen LogP contribution in [0.1, 0.15) is 30.2 Å². The van der Waals surface area contributed by atoms with Crippen LogP contribution in [0.2, 0.25) is 0 Å². The molecule has 1 N–H and O–H groups in total. The van der Waals surface area contributed by atoms with Gasteiger partial charge in [-0.05, 0) is 32.3 Å². The van der Waals surface area contributed by atoms with Crippen LogP contribution in [0.25, 0.3) is 6.08 Å². The Kier molecular flexibility index (Phi) is 5.06. The number of nitrogens with one attached hydrogen (secondary N) is 1. The Bertz CT molecular complexity index is 860. The van der Waals surface area contributed by atoms with E-state index < -0.39 is 11.6 Å². The Balaban J connectivity index is 1.68. The summed E-state index contributed by atoms with van der Waals surface area (Å²) < 4.78 is 32.3. The van der Waals surface area contributed by atoms with Gasteiger partial charge in [-0.2, -0.15) is 0 Å². The number of aromatic nitrogens is 1. The number of anilines is 1. The number of urea groups is 1. The van der Waals surface area contributed by atoms with Gasteiger partial charge in [0, 0.05) is 24.2 Å². The molecule has 1 aromatic carbocycles. The Morgan fingerprint density at radius 2 is 2.15 bits per heavy atom. The largest absolute Gasteiger partial charge is 0.359 e. The van der Waals surface area contributed by atoms with Crippen molar-refractivity contribution in [1.29, 1.82) is 0 Å². The van der Waals surface area contributed by atoms with E-state index in [4.69, 9.17) is 4.52 Å². The van der Waals surface area contributed by atoms with Crippen LogP contribution in [0.15, 0.2) is 28.3 Å². The second-order valence-corrected chi connectivity index (χ2v) is 6.60. The summed E-state index contributed by atoms with van der Waals surface area (Å²) in [6.45, 7) is 6.56. The lowest BCUT2D eigenvalue weighted by molar-refractivity contribution is 0.197. The summed E-state index contributed by atoms with van der Waals surface area (Å²) in [5.41, 5.74) is 2.02. The van der Waals surface area contributed by atoms with Crippen LogP contribution in [0.5, 0.6) is 0 Å². The van der Waals surface area contributed by atoms with Crippen LogP contribution >= 0.6 is 0 Å². The lowest BCUT2D eigenvalue weighted by Gasteiger charge is -2.33. The molecule has 1 atom stereocenters. The molecule has 138 valence electrons. The molecule has 0 radical (unpaired) electrons. The molecule has 2 heterocycles. The molecule has 1 fully saturated rings. The number of hydrogen-bond acceptors (Lipinski definition) is 3. The van der Waals surface area contributed by atoms with E-state index in [9.17, 15) is 13.6 Å². The molecule has 5 nitrogen and oxygen atoms in total. The summed E-state index contributed by atoms with van der Waals surface area (Å²) in [4.78, 5) is 14.1. The van der Waals surface area contributed by atoms with Gasteiger partial charge in [-0.15, -0.1) is 0 Å². The molecule has 0 aliphatic carbocycles. The smallest absolute Gasteiger partial charge is 0.323 e. The third-order valence-corrected chi connectivity index (χ3v) is 4.79. The second kappa shape index (κ2) is 7.27. The minimum Gasteiger partial charge on any atom is -0.359 e. The summed E-state index contributed by atoms with van der Waals surface area (Å²) in [6, 6.07) is 3.89. The SMILES string of the molecule is Cc1onc(NC(=O)N2CC/C(=C\c3cccc(F)c3F)C(C)C2)c1C. The lowest BCUT2D eigenvalue weighted by atomic mass is 9.91. The van der Waals surface area contributed by atoms with Crippen LogP contribution in [-0.4, -0.2) is 29.2 Å². The van der Waals surface area contributed by atoms with Crippen molar-refractivity contribution < 1.29 is 18.1 Å². The van der Waals surface area contributed by atoms with Gasteiger partial charge < -0.3 is 9.42 Å². The van der Waals surface area contributed by atoms with Crippen molar-refractivity contribution in [2.45, 2.75) is 27.2 Å². The third kappa shape index (κ3) is 3.61. The highest BCUT2D eigenvalue weighted by molar-refractivity contribution is 5.89. The summed E-state index contributed by atoms with van der Waals surface area (Å²) >= 11 is 0. The highest BCUT2D eigenvalue weighted by atomic mass is 19.2. The van der Waals surface area contributed by atoms with Crippen LogP contribution < -0.4 is 5.32 Å². The van der Waals surface area contributed by atoms with Gasteiger partial charge in [0.2, 0.25) is 0 Å². The molecule has 1 aliphatic rings. The first-order chi connectivity index (χ1) is 12.4. The number of halogens is 2. The quantitative estimate of drug-likeness (QED) is 0.855. The van der Waals surface area contributed by atoms with Crippen LogP contribution in [0.4, 0.5) is 19.4 Å². The van der Waals surface area contributed by atoms with E-state index in [1.807, 2.05) is 13.8 Å². The molecule has 2 aromatic rings. The van der Waals surface area contributed by atoms with Crippen molar-refractivity contribution >= 4 is 17.9 Å². The minimum atomic E-state index is -0.859. The predicted octanol–water partition coefficient (Wildman–Crippen LogP) is 4.53. The van der Waals surface area contributed by atoms with E-state index in [1.165, 1.54) is 6.07 Å². The standard InChI is InChI=1S/C19H21F2N3O2/c1-11-10-24(19(25)22-18-12(2)13(3)26-23-18)8-7-14(11)9-15-5-4-6-16(20)17(15)21/h4-6,9,11H,7-8,10H2,1-3H3,(H,22,23,25)/b14-9+. The van der Waals surface area contributed by atoms with E-state index in [1.54, 1.807) is 24.0 Å². The molecule has 1 aliphatic heterocycles. The van der Waals surface area contributed by atoms with Gasteiger partial charge in [-0.1, -0.05) is 35.9 Å². The minimum absolute atomic E-state index is 0.0392. The normalized spacial score (nSPS) is 19.0. The third-order valence-electron chi connectivity index (χ3n) is 4.79. The molecule has 0 bridgehead atoms. The zero-order chi connectivity index (χ0) is 18.8. The van der Waals surface area contributed by atoms with Gasteiger partial charge in [0.15, 0.2) is 17.5 Å². The molecule has 1 aromatic heterocycles. The average molecular weight is 361 g/mol. The number of rotatable bonds is 2. The maximum absolute atomic E-state index is 13.9. The van der Waals surface area contributed by atoms with Crippen molar-refractivity contribution in [2.24, 2.45) is 5.92 Å². The average Bonchev–Trinajstić information content (AvgIpc) is 2.92. The summed E-state index contributed by atoms with van der Waals surface area (Å²) in [7, 11) is 0. The van der Waals surface area contributed by atoms with Gasteiger partial charge in [-0.25, -0.2) is 13.6 Å². The molecular formula is C19H21F2N3O2. The summed E-state index contributed by atoms with van der Waals surface area (Å²) in [5.74, 6) is -0.582. The van der Waals surface area contributed by atoms with Gasteiger partial charge in [0.1, 0.15) is 5.76 Å². The number of nitrogens with zero attached hydrogens (tertiary/aromatic N) is 2. The van der Waals surface area contributed by atoms with Crippen molar-refractivity contribution in [3.05, 3.63) is 52.3 Å². The second-order valence-electron chi connectivity index (χ2n) is 6.60. The van der Waals surface area contributed by atoms with E-state index in [0.29, 0.717) is 31.1 Å². The number of likely N-dealkylation sites (tertiary alicyclic amines) is 1. The number of carbonyl (C=O) groups excluding carboxylic acids is 1. The highest BCUT2D eigenvalue weighted by Crippen LogP contribution is 2.27. The Morgan fingerprint density at radius 1 is 1.38 bits per heavy atom. The van der Waals surface area contributed by atoms with Crippen molar-refractivity contribution in [2.75, 3.05) is 18.4 Å². The molecule has 0 spiro atoms. The molecule has 7 heteroatoms. The monoisotopic (exact) mass is 361 g/mol. The Morgan fingerprint density at radius 3 is 2.81 bits per heavy atom. The van der Waals surface area contributed by atoms with E-state index in [0.717, 1.165) is 17.2 Å². The van der Waals surface area contributed by atoms with Crippen molar-refractivity contribution in [3.8, 4) is 0 Å². The molecule has 26 heavy (non-hydrogen) atoms. The summed E-state index contributed by atoms with van der Waals surface area (Å²) in [5, 5.41) is 6.59. The molecule has 2 amide bonds. The predicted molar refractivity (Wildman–Crippen MR) is 94.7 cm³/mol. The van der Waals surface area contributed by atoms with Crippen LogP contribution in [-0.2, 0) is 0 Å². The van der Waals surface area contributed by atoms with Gasteiger partial charge in [0.25, 0.3) is 0 Å². The van der Waals surface area contributed by atoms with Crippen molar-refractivity contribution in [3.63, 3.8) is 0 Å². The van der Waals surface area contributed by atoms with E-state index >= 15 is 0 Å². The zero-order valence-corrected chi connectivity index (χ0v) is 15.0. The maximum atomic E-state index is 13.9. The molecule has 0 saturated carbocycles. The zero-order valence-electron chi connectivity index (χ0n) is 15.0. The Labute approximate surface area is 150 Å². The first-order valence-corrected chi connectivity index (χ1v) is 8.50. The number of aryl methyl sites for hydroxylation is 1. The first kappa shape index (κ1) is 18.1. The Hall–Kier alpha value is -2.70. The fourth-order valence-electron chi connectivity index (χ4n) is 2.99. The number of benzene rings is 1. The first-order valence-electron chi connectivity index (χ1n) is 8.50. The molecule has 3 rings (SSSR count). The number of hydrogen-bond donors (Lipinski definition) is 1. The van der Waals surface area contributed by atoms with Gasteiger partial charge in [-0.3, -0.25) is 5.32 Å². The highest BCUT2D eigenvalue weighted by Gasteiger charge is 2.25. The maximum Gasteiger partial charge on any atom is 0.323 e. The fraction of sp³-hybridized carbons (Fsp3) is 0.368. The topological polar surface area (TPSA) is 58.4 Å².